The summed E-state index contributed by atoms with van der Waals surface area (Å²) in [6.45, 7) is 3.10. The number of hydrogen-bond acceptors (Lipinski definition) is 3. The van der Waals surface area contributed by atoms with E-state index in [0.717, 1.165) is 13.0 Å². The molecule has 0 aromatic carbocycles. The molecule has 1 aromatic rings. The number of carbonyl (C=O) groups is 1. The van der Waals surface area contributed by atoms with E-state index >= 15 is 0 Å². The Morgan fingerprint density at radius 3 is 2.90 bits per heavy atom. The van der Waals surface area contributed by atoms with E-state index in [0.29, 0.717) is 18.5 Å². The van der Waals surface area contributed by atoms with E-state index in [2.05, 4.69) is 18.3 Å². The van der Waals surface area contributed by atoms with E-state index in [1.807, 2.05) is 23.3 Å². The average molecular weight is 292 g/mol. The summed E-state index contributed by atoms with van der Waals surface area (Å²) < 4.78 is 0. The second-order valence-corrected chi connectivity index (χ2v) is 7.37. The van der Waals surface area contributed by atoms with Crippen molar-refractivity contribution < 1.29 is 4.79 Å². The Balaban J connectivity index is 1.63. The van der Waals surface area contributed by atoms with Crippen LogP contribution in [0.1, 0.15) is 54.0 Å². The van der Waals surface area contributed by atoms with Gasteiger partial charge in [0.05, 0.1) is 0 Å². The number of likely N-dealkylation sites (tertiary alicyclic amines) is 1. The van der Waals surface area contributed by atoms with E-state index in [-0.39, 0.29) is 5.91 Å². The Morgan fingerprint density at radius 1 is 1.35 bits per heavy atom. The molecule has 2 heterocycles. The normalized spacial score (nSPS) is 24.6. The number of carbonyl (C=O) groups excluding carboxylic acids is 1. The van der Waals surface area contributed by atoms with Crippen molar-refractivity contribution in [1.82, 2.24) is 10.2 Å². The highest BCUT2D eigenvalue weighted by atomic mass is 32.1. The number of likely N-dealkylation sites (N-methyl/N-ethyl adjacent to an activating group) is 1. The predicted octanol–water partition coefficient (Wildman–Crippen LogP) is 2.90. The molecule has 1 aliphatic heterocycles. The smallest absolute Gasteiger partial charge is 0.222 e. The van der Waals surface area contributed by atoms with Gasteiger partial charge in [0.2, 0.25) is 5.91 Å². The van der Waals surface area contributed by atoms with Gasteiger partial charge in [-0.3, -0.25) is 4.79 Å². The van der Waals surface area contributed by atoms with Crippen molar-refractivity contribution in [1.29, 1.82) is 0 Å². The Hall–Kier alpha value is -0.870. The molecule has 4 heteroatoms. The minimum atomic E-state index is 0.280. The van der Waals surface area contributed by atoms with Gasteiger partial charge in [-0.2, -0.15) is 0 Å². The summed E-state index contributed by atoms with van der Waals surface area (Å²) in [6, 6.07) is 3.25. The fourth-order valence-corrected chi connectivity index (χ4v) is 4.58. The maximum absolute atomic E-state index is 11.5. The fraction of sp³-hybridized carbons (Fsp3) is 0.688. The number of nitrogens with zero attached hydrogens (tertiary/aromatic N) is 1. The van der Waals surface area contributed by atoms with E-state index in [4.69, 9.17) is 0 Å². The molecule has 1 amide bonds. The second kappa shape index (κ2) is 5.86. The quantitative estimate of drug-likeness (QED) is 0.929. The molecular weight excluding hydrogens is 268 g/mol. The number of fused-ring (bicyclic) bond motifs is 1. The maximum Gasteiger partial charge on any atom is 0.222 e. The van der Waals surface area contributed by atoms with Crippen LogP contribution >= 0.6 is 11.3 Å². The molecule has 20 heavy (non-hydrogen) atoms. The molecule has 2 aliphatic rings. The van der Waals surface area contributed by atoms with Crippen LogP contribution in [0.4, 0.5) is 0 Å². The lowest BCUT2D eigenvalue weighted by molar-refractivity contribution is -0.132. The van der Waals surface area contributed by atoms with Crippen molar-refractivity contribution in [2.24, 2.45) is 0 Å². The first-order valence-corrected chi connectivity index (χ1v) is 8.56. The maximum atomic E-state index is 11.5. The number of aryl methyl sites for hydroxylation is 2. The highest BCUT2D eigenvalue weighted by molar-refractivity contribution is 7.12. The standard InChI is InChI=1S/C16H24N2OS/c1-11(17-13-7-8-16(19)18(2)10-13)15-9-12-5-3-4-6-14(12)20-15/h9,11,13,17H,3-8,10H2,1-2H3. The van der Waals surface area contributed by atoms with Gasteiger partial charge in [-0.1, -0.05) is 0 Å². The lowest BCUT2D eigenvalue weighted by Crippen LogP contribution is -2.47. The number of thiophene rings is 1. The van der Waals surface area contributed by atoms with Crippen molar-refractivity contribution in [2.45, 2.75) is 57.5 Å². The van der Waals surface area contributed by atoms with E-state index < -0.39 is 0 Å². The highest BCUT2D eigenvalue weighted by Gasteiger charge is 2.25. The first-order chi connectivity index (χ1) is 9.63. The van der Waals surface area contributed by atoms with Crippen molar-refractivity contribution in [2.75, 3.05) is 13.6 Å². The fourth-order valence-electron chi connectivity index (χ4n) is 3.31. The zero-order chi connectivity index (χ0) is 14.1. The third-order valence-corrected chi connectivity index (χ3v) is 5.97. The predicted molar refractivity (Wildman–Crippen MR) is 83.2 cm³/mol. The topological polar surface area (TPSA) is 32.3 Å². The number of nitrogens with one attached hydrogen (secondary N) is 1. The molecule has 0 radical (unpaired) electrons. The number of amides is 1. The van der Waals surface area contributed by atoms with Crippen LogP contribution < -0.4 is 5.32 Å². The lowest BCUT2D eigenvalue weighted by Gasteiger charge is -2.32. The van der Waals surface area contributed by atoms with Gasteiger partial charge in [0.25, 0.3) is 0 Å². The minimum Gasteiger partial charge on any atom is -0.344 e. The number of rotatable bonds is 3. The first-order valence-electron chi connectivity index (χ1n) is 7.75. The Labute approximate surface area is 125 Å². The molecule has 0 bridgehead atoms. The Bertz CT molecular complexity index is 473. The summed E-state index contributed by atoms with van der Waals surface area (Å²) in [4.78, 5) is 16.5. The zero-order valence-electron chi connectivity index (χ0n) is 12.4. The van der Waals surface area contributed by atoms with Crippen LogP contribution in [0.15, 0.2) is 6.07 Å². The molecule has 110 valence electrons. The van der Waals surface area contributed by atoms with Crippen LogP contribution in [0.5, 0.6) is 0 Å². The van der Waals surface area contributed by atoms with Gasteiger partial charge in [0, 0.05) is 41.9 Å². The lowest BCUT2D eigenvalue weighted by atomic mass is 9.98. The monoisotopic (exact) mass is 292 g/mol. The second-order valence-electron chi connectivity index (χ2n) is 6.20. The molecule has 0 saturated carbocycles. The molecule has 3 nitrogen and oxygen atoms in total. The van der Waals surface area contributed by atoms with E-state index in [9.17, 15) is 4.79 Å². The molecular formula is C16H24N2OS. The van der Waals surface area contributed by atoms with E-state index in [1.165, 1.54) is 30.6 Å². The zero-order valence-corrected chi connectivity index (χ0v) is 13.3. The molecule has 1 aromatic heterocycles. The van der Waals surface area contributed by atoms with Crippen LogP contribution in [0.25, 0.3) is 0 Å². The summed E-state index contributed by atoms with van der Waals surface area (Å²) in [5.74, 6) is 0.280. The van der Waals surface area contributed by atoms with Gasteiger partial charge < -0.3 is 10.2 Å². The Morgan fingerprint density at radius 2 is 2.15 bits per heavy atom. The van der Waals surface area contributed by atoms with Crippen molar-refractivity contribution in [3.05, 3.63) is 21.4 Å². The summed E-state index contributed by atoms with van der Waals surface area (Å²) in [6.07, 6.45) is 6.89. The van der Waals surface area contributed by atoms with Crippen molar-refractivity contribution in [3.8, 4) is 0 Å². The number of piperidine rings is 1. The molecule has 1 aliphatic carbocycles. The Kier molecular flexibility index (Phi) is 4.13. The molecule has 1 fully saturated rings. The van der Waals surface area contributed by atoms with Gasteiger partial charge in [0.15, 0.2) is 0 Å². The highest BCUT2D eigenvalue weighted by Crippen LogP contribution is 2.33. The third-order valence-electron chi connectivity index (χ3n) is 4.55. The van der Waals surface area contributed by atoms with Crippen LogP contribution in [0.3, 0.4) is 0 Å². The molecule has 0 spiro atoms. The van der Waals surface area contributed by atoms with Gasteiger partial charge in [-0.15, -0.1) is 11.3 Å². The summed E-state index contributed by atoms with van der Waals surface area (Å²) in [5, 5.41) is 3.71. The molecule has 2 unspecified atom stereocenters. The average Bonchev–Trinajstić information content (AvgIpc) is 2.87. The van der Waals surface area contributed by atoms with E-state index in [1.54, 1.807) is 10.4 Å². The SMILES string of the molecule is CC(NC1CCC(=O)N(C)C1)c1cc2c(s1)CCCC2. The third kappa shape index (κ3) is 2.91. The summed E-state index contributed by atoms with van der Waals surface area (Å²) in [7, 11) is 1.91. The first kappa shape index (κ1) is 14.1. The summed E-state index contributed by atoms with van der Waals surface area (Å²) in [5.41, 5.74) is 1.58. The van der Waals surface area contributed by atoms with Crippen molar-refractivity contribution >= 4 is 17.2 Å². The van der Waals surface area contributed by atoms with Gasteiger partial charge in [-0.25, -0.2) is 0 Å². The largest absolute Gasteiger partial charge is 0.344 e. The molecule has 3 rings (SSSR count). The molecule has 2 atom stereocenters. The number of hydrogen-bond donors (Lipinski definition) is 1. The minimum absolute atomic E-state index is 0.280. The molecule has 1 saturated heterocycles. The van der Waals surface area contributed by atoms with Gasteiger partial charge >= 0.3 is 0 Å². The van der Waals surface area contributed by atoms with Crippen LogP contribution in [-0.2, 0) is 17.6 Å². The van der Waals surface area contributed by atoms with Gasteiger partial charge in [-0.05, 0) is 50.7 Å². The van der Waals surface area contributed by atoms with Crippen LogP contribution in [-0.4, -0.2) is 30.4 Å². The van der Waals surface area contributed by atoms with Crippen LogP contribution in [0.2, 0.25) is 0 Å². The van der Waals surface area contributed by atoms with Gasteiger partial charge in [0.1, 0.15) is 0 Å². The van der Waals surface area contributed by atoms with Crippen molar-refractivity contribution in [3.63, 3.8) is 0 Å². The van der Waals surface area contributed by atoms with Crippen LogP contribution in [0, 0.1) is 0 Å². The summed E-state index contributed by atoms with van der Waals surface area (Å²) >= 11 is 1.99. The molecule has 1 N–H and O–H groups in total.